The molecule has 0 atom stereocenters. The Morgan fingerprint density at radius 2 is 2.09 bits per heavy atom. The van der Waals surface area contributed by atoms with Crippen LogP contribution in [0.15, 0.2) is 52.5 Å². The highest BCUT2D eigenvalue weighted by Crippen LogP contribution is 2.25. The van der Waals surface area contributed by atoms with Crippen LogP contribution >= 0.6 is 11.6 Å². The summed E-state index contributed by atoms with van der Waals surface area (Å²) in [6.45, 7) is 0. The summed E-state index contributed by atoms with van der Waals surface area (Å²) in [6, 6.07) is 11.1. The number of nitrogens with zero attached hydrogens (tertiary/aromatic N) is 3. The third-order valence-corrected chi connectivity index (χ3v) is 3.77. The van der Waals surface area contributed by atoms with E-state index < -0.39 is 5.56 Å². The van der Waals surface area contributed by atoms with Gasteiger partial charge in [-0.1, -0.05) is 41.9 Å². The van der Waals surface area contributed by atoms with Gasteiger partial charge in [0.1, 0.15) is 16.5 Å². The average Bonchev–Trinajstić information content (AvgIpc) is 2.56. The molecule has 116 valence electrons. The number of halogens is 1. The van der Waals surface area contributed by atoms with Crippen molar-refractivity contribution in [2.45, 2.75) is 0 Å². The highest BCUT2D eigenvalue weighted by molar-refractivity contribution is 6.32. The van der Waals surface area contributed by atoms with Gasteiger partial charge in [0.05, 0.1) is 12.4 Å². The molecule has 0 bridgehead atoms. The highest BCUT2D eigenvalue weighted by atomic mass is 35.5. The van der Waals surface area contributed by atoms with E-state index in [1.165, 1.54) is 19.5 Å². The van der Waals surface area contributed by atoms with Gasteiger partial charge in [-0.2, -0.15) is 10.2 Å². The lowest BCUT2D eigenvalue weighted by Crippen LogP contribution is -2.20. The molecule has 0 fully saturated rings. The van der Waals surface area contributed by atoms with Gasteiger partial charge in [0, 0.05) is 12.6 Å². The number of anilines is 1. The Balaban J connectivity index is 1.94. The maximum absolute atomic E-state index is 11.7. The van der Waals surface area contributed by atoms with E-state index in [1.54, 1.807) is 6.07 Å². The standard InChI is InChI=1S/C16H13ClN4O2/c1-21-16(23)15(17)13(9-19-21)20-18-8-12-11-5-3-2-4-10(11)6-7-14(12)22/h2-9,20,22H,1H3/b18-8-. The van der Waals surface area contributed by atoms with Crippen molar-refractivity contribution in [3.05, 3.63) is 63.5 Å². The molecule has 0 unspecified atom stereocenters. The number of rotatable bonds is 3. The molecule has 3 aromatic rings. The molecule has 1 aromatic heterocycles. The van der Waals surface area contributed by atoms with Gasteiger partial charge in [0.15, 0.2) is 0 Å². The second kappa shape index (κ2) is 6.10. The van der Waals surface area contributed by atoms with E-state index in [2.05, 4.69) is 15.6 Å². The monoisotopic (exact) mass is 328 g/mol. The molecule has 0 spiro atoms. The minimum atomic E-state index is -0.417. The highest BCUT2D eigenvalue weighted by Gasteiger charge is 2.07. The van der Waals surface area contributed by atoms with E-state index in [1.807, 2.05) is 30.3 Å². The van der Waals surface area contributed by atoms with Crippen LogP contribution in [0.3, 0.4) is 0 Å². The summed E-state index contributed by atoms with van der Waals surface area (Å²) >= 11 is 5.95. The van der Waals surface area contributed by atoms with Crippen molar-refractivity contribution in [1.82, 2.24) is 9.78 Å². The zero-order valence-corrected chi connectivity index (χ0v) is 12.9. The molecule has 1 heterocycles. The molecule has 2 N–H and O–H groups in total. The summed E-state index contributed by atoms with van der Waals surface area (Å²) in [5.74, 6) is 0.113. The zero-order chi connectivity index (χ0) is 16.4. The van der Waals surface area contributed by atoms with Crippen molar-refractivity contribution in [2.24, 2.45) is 12.1 Å². The van der Waals surface area contributed by atoms with E-state index in [0.29, 0.717) is 11.3 Å². The Hall–Kier alpha value is -2.86. The third kappa shape index (κ3) is 2.89. The first-order chi connectivity index (χ1) is 11.1. The summed E-state index contributed by atoms with van der Waals surface area (Å²) < 4.78 is 1.13. The molecule has 0 radical (unpaired) electrons. The van der Waals surface area contributed by atoms with Gasteiger partial charge in [-0.25, -0.2) is 4.68 Å². The number of phenols is 1. The average molecular weight is 329 g/mol. The number of benzene rings is 2. The Kier molecular flexibility index (Phi) is 3.99. The molecular weight excluding hydrogens is 316 g/mol. The fraction of sp³-hybridized carbons (Fsp3) is 0.0625. The molecule has 0 saturated heterocycles. The van der Waals surface area contributed by atoms with E-state index in [-0.39, 0.29) is 10.8 Å². The number of fused-ring (bicyclic) bond motifs is 1. The quantitative estimate of drug-likeness (QED) is 0.572. The second-order valence-corrected chi connectivity index (χ2v) is 5.27. The lowest BCUT2D eigenvalue weighted by molar-refractivity contribution is 0.475. The first-order valence-electron chi connectivity index (χ1n) is 6.79. The largest absolute Gasteiger partial charge is 0.507 e. The molecule has 0 aliphatic heterocycles. The van der Waals surface area contributed by atoms with Gasteiger partial charge in [-0.3, -0.25) is 10.2 Å². The van der Waals surface area contributed by atoms with Crippen molar-refractivity contribution < 1.29 is 5.11 Å². The first kappa shape index (κ1) is 15.1. The van der Waals surface area contributed by atoms with Crippen molar-refractivity contribution >= 4 is 34.3 Å². The van der Waals surface area contributed by atoms with Gasteiger partial charge in [-0.15, -0.1) is 0 Å². The van der Waals surface area contributed by atoms with Crippen molar-refractivity contribution in [1.29, 1.82) is 0 Å². The van der Waals surface area contributed by atoms with Crippen LogP contribution in [0.4, 0.5) is 5.69 Å². The fourth-order valence-corrected chi connectivity index (χ4v) is 2.39. The van der Waals surface area contributed by atoms with Crippen LogP contribution in [0.25, 0.3) is 10.8 Å². The van der Waals surface area contributed by atoms with Crippen LogP contribution in [0.1, 0.15) is 5.56 Å². The Labute approximate surface area is 136 Å². The van der Waals surface area contributed by atoms with Crippen LogP contribution in [0.2, 0.25) is 5.02 Å². The van der Waals surface area contributed by atoms with E-state index in [4.69, 9.17) is 11.6 Å². The van der Waals surface area contributed by atoms with Gasteiger partial charge in [0.2, 0.25) is 0 Å². The summed E-state index contributed by atoms with van der Waals surface area (Å²) in [4.78, 5) is 11.7. The summed E-state index contributed by atoms with van der Waals surface area (Å²) in [7, 11) is 1.51. The van der Waals surface area contributed by atoms with E-state index >= 15 is 0 Å². The number of hydrogen-bond acceptors (Lipinski definition) is 5. The first-order valence-corrected chi connectivity index (χ1v) is 7.17. The summed E-state index contributed by atoms with van der Waals surface area (Å²) in [6.07, 6.45) is 2.88. The smallest absolute Gasteiger partial charge is 0.287 e. The Morgan fingerprint density at radius 3 is 2.91 bits per heavy atom. The van der Waals surface area contributed by atoms with Gasteiger partial charge in [-0.05, 0) is 16.8 Å². The molecule has 23 heavy (non-hydrogen) atoms. The van der Waals surface area contributed by atoms with Crippen LogP contribution in [0, 0.1) is 0 Å². The maximum atomic E-state index is 11.7. The number of nitrogens with one attached hydrogen (secondary N) is 1. The van der Waals surface area contributed by atoms with Crippen molar-refractivity contribution in [3.63, 3.8) is 0 Å². The molecular formula is C16H13ClN4O2. The van der Waals surface area contributed by atoms with Crippen LogP contribution in [0.5, 0.6) is 5.75 Å². The molecule has 2 aromatic carbocycles. The van der Waals surface area contributed by atoms with Crippen molar-refractivity contribution in [3.8, 4) is 5.75 Å². The fourth-order valence-electron chi connectivity index (χ4n) is 2.17. The minimum Gasteiger partial charge on any atom is -0.507 e. The third-order valence-electron chi connectivity index (χ3n) is 3.40. The van der Waals surface area contributed by atoms with Crippen LogP contribution in [-0.4, -0.2) is 21.1 Å². The van der Waals surface area contributed by atoms with Crippen LogP contribution in [-0.2, 0) is 7.05 Å². The molecule has 0 aliphatic carbocycles. The number of aromatic hydroxyl groups is 1. The van der Waals surface area contributed by atoms with E-state index in [0.717, 1.165) is 15.5 Å². The second-order valence-electron chi connectivity index (χ2n) is 4.89. The molecule has 7 heteroatoms. The van der Waals surface area contributed by atoms with Gasteiger partial charge in [0.25, 0.3) is 5.56 Å². The normalized spacial score (nSPS) is 11.2. The van der Waals surface area contributed by atoms with Gasteiger partial charge >= 0.3 is 0 Å². The summed E-state index contributed by atoms with van der Waals surface area (Å²) in [5.41, 5.74) is 3.12. The Morgan fingerprint density at radius 1 is 1.30 bits per heavy atom. The lowest BCUT2D eigenvalue weighted by atomic mass is 10.0. The number of phenolic OH excluding ortho intramolecular Hbond substituents is 1. The predicted octanol–water partition coefficient (Wildman–Crippen LogP) is 2.74. The van der Waals surface area contributed by atoms with Crippen LogP contribution < -0.4 is 11.0 Å². The molecule has 6 nitrogen and oxygen atoms in total. The molecule has 0 amide bonds. The number of aryl methyl sites for hydroxylation is 1. The topological polar surface area (TPSA) is 79.5 Å². The number of aromatic nitrogens is 2. The molecule has 3 rings (SSSR count). The van der Waals surface area contributed by atoms with Crippen molar-refractivity contribution in [2.75, 3.05) is 5.43 Å². The number of hydrazone groups is 1. The zero-order valence-electron chi connectivity index (χ0n) is 12.2. The predicted molar refractivity (Wildman–Crippen MR) is 91.3 cm³/mol. The molecule has 0 aliphatic rings. The maximum Gasteiger partial charge on any atom is 0.287 e. The SMILES string of the molecule is Cn1ncc(N/N=C\c2c(O)ccc3ccccc23)c(Cl)c1=O. The summed E-state index contributed by atoms with van der Waals surface area (Å²) in [5, 5.41) is 19.8. The van der Waals surface area contributed by atoms with Gasteiger partial charge < -0.3 is 5.11 Å². The molecule has 0 saturated carbocycles. The minimum absolute atomic E-state index is 0.00166. The number of hydrogen-bond donors (Lipinski definition) is 2. The van der Waals surface area contributed by atoms with E-state index in [9.17, 15) is 9.90 Å². The lowest BCUT2D eigenvalue weighted by Gasteiger charge is -2.06. The Bertz CT molecular complexity index is 966.